The van der Waals surface area contributed by atoms with Crippen molar-refractivity contribution < 1.29 is 27.8 Å². The molecule has 1 unspecified atom stereocenters. The zero-order valence-electron chi connectivity index (χ0n) is 18.8. The molecule has 8 heteroatoms. The maximum atomic E-state index is 15.4. The van der Waals surface area contributed by atoms with Crippen molar-refractivity contribution in [2.45, 2.75) is 32.0 Å². The molecule has 0 bridgehead atoms. The monoisotopic (exact) mass is 462 g/mol. The van der Waals surface area contributed by atoms with Gasteiger partial charge >= 0.3 is 0 Å². The highest BCUT2D eigenvalue weighted by molar-refractivity contribution is 5.85. The van der Waals surface area contributed by atoms with Crippen molar-refractivity contribution in [2.24, 2.45) is 0 Å². The van der Waals surface area contributed by atoms with Gasteiger partial charge in [-0.3, -0.25) is 4.90 Å². The van der Waals surface area contributed by atoms with Crippen LogP contribution in [0.15, 0.2) is 36.4 Å². The van der Waals surface area contributed by atoms with Gasteiger partial charge in [0.1, 0.15) is 29.7 Å². The number of aliphatic hydroxyl groups is 1. The lowest BCUT2D eigenvalue weighted by Crippen LogP contribution is -2.43. The van der Waals surface area contributed by atoms with Gasteiger partial charge in [0.15, 0.2) is 0 Å². The summed E-state index contributed by atoms with van der Waals surface area (Å²) in [5.41, 5.74) is 0.916. The van der Waals surface area contributed by atoms with Gasteiger partial charge in [0.2, 0.25) is 0 Å². The van der Waals surface area contributed by atoms with E-state index in [0.717, 1.165) is 28.6 Å². The molecular weight excluding hydrogens is 433 g/mol. The van der Waals surface area contributed by atoms with Crippen molar-refractivity contribution in [3.05, 3.63) is 64.9 Å². The Morgan fingerprint density at radius 1 is 1.12 bits per heavy atom. The number of aromatic nitrogens is 1. The molecule has 0 spiro atoms. The predicted octanol–water partition coefficient (Wildman–Crippen LogP) is 4.53. The van der Waals surface area contributed by atoms with Crippen molar-refractivity contribution >= 4 is 10.9 Å². The van der Waals surface area contributed by atoms with E-state index >= 15 is 8.78 Å². The highest BCUT2D eigenvalue weighted by Gasteiger charge is 2.37. The van der Waals surface area contributed by atoms with Gasteiger partial charge in [-0.2, -0.15) is 0 Å². The van der Waals surface area contributed by atoms with E-state index in [-0.39, 0.29) is 44.3 Å². The van der Waals surface area contributed by atoms with E-state index in [2.05, 4.69) is 4.98 Å². The Morgan fingerprint density at radius 2 is 1.85 bits per heavy atom. The van der Waals surface area contributed by atoms with Crippen LogP contribution in [-0.4, -0.2) is 60.2 Å². The van der Waals surface area contributed by atoms with E-state index in [0.29, 0.717) is 18.7 Å². The minimum Gasteiger partial charge on any atom is -0.491 e. The van der Waals surface area contributed by atoms with Crippen LogP contribution in [0.4, 0.5) is 13.2 Å². The average Bonchev–Trinajstić information content (AvgIpc) is 3.12. The summed E-state index contributed by atoms with van der Waals surface area (Å²) in [6.45, 7) is 3.78. The van der Waals surface area contributed by atoms with E-state index in [1.807, 2.05) is 24.3 Å². The summed E-state index contributed by atoms with van der Waals surface area (Å²) >= 11 is 0. The number of aromatic amines is 1. The number of halogens is 3. The molecule has 2 heterocycles. The number of H-pyrrole nitrogens is 1. The van der Waals surface area contributed by atoms with Gasteiger partial charge in [-0.25, -0.2) is 13.2 Å². The van der Waals surface area contributed by atoms with Crippen LogP contribution >= 0.6 is 0 Å². The second-order valence-electron chi connectivity index (χ2n) is 8.89. The Kier molecular flexibility index (Phi) is 6.97. The van der Waals surface area contributed by atoms with Crippen LogP contribution in [-0.2, 0) is 11.2 Å². The fraction of sp³-hybridized carbons (Fsp3) is 0.440. The van der Waals surface area contributed by atoms with Gasteiger partial charge in [-0.15, -0.1) is 0 Å². The van der Waals surface area contributed by atoms with Crippen molar-refractivity contribution in [3.8, 4) is 5.75 Å². The number of benzene rings is 2. The van der Waals surface area contributed by atoms with Crippen LogP contribution in [0.25, 0.3) is 10.9 Å². The largest absolute Gasteiger partial charge is 0.491 e. The highest BCUT2D eigenvalue weighted by atomic mass is 19.1. The molecule has 5 nitrogen and oxygen atoms in total. The van der Waals surface area contributed by atoms with Crippen molar-refractivity contribution in [1.82, 2.24) is 9.88 Å². The lowest BCUT2D eigenvalue weighted by molar-refractivity contribution is 0.0703. The number of fused-ring (bicyclic) bond motifs is 3. The van der Waals surface area contributed by atoms with E-state index in [1.54, 1.807) is 4.90 Å². The molecule has 1 aromatic heterocycles. The smallest absolute Gasteiger partial charge is 0.135 e. The number of hydrogen-bond acceptors (Lipinski definition) is 4. The van der Waals surface area contributed by atoms with Crippen LogP contribution < -0.4 is 4.74 Å². The first-order chi connectivity index (χ1) is 15.8. The van der Waals surface area contributed by atoms with Crippen LogP contribution in [0.5, 0.6) is 5.75 Å². The van der Waals surface area contributed by atoms with E-state index < -0.39 is 23.3 Å². The van der Waals surface area contributed by atoms with Crippen LogP contribution in [0.3, 0.4) is 0 Å². The maximum Gasteiger partial charge on any atom is 0.135 e. The number of ether oxygens (including phenoxy) is 2. The van der Waals surface area contributed by atoms with Crippen molar-refractivity contribution in [3.63, 3.8) is 0 Å². The second-order valence-corrected chi connectivity index (χ2v) is 8.89. The van der Waals surface area contributed by atoms with Gasteiger partial charge in [0.25, 0.3) is 0 Å². The molecule has 2 aromatic carbocycles. The predicted molar refractivity (Wildman–Crippen MR) is 120 cm³/mol. The molecule has 0 amide bonds. The standard InChI is InChI=1S/C25H29F3N2O3/c1-25(2,28)15-30-8-7-18-17-5-3-4-6-21(17)29-23(18)24(30)22-19(26)13-16(14-20(22)27)33-12-11-32-10-9-31/h3-6,13-14,24,29,31H,7-12,15H2,1-2H3. The highest BCUT2D eigenvalue weighted by Crippen LogP contribution is 2.41. The van der Waals surface area contributed by atoms with Gasteiger partial charge in [-0.1, -0.05) is 18.2 Å². The molecule has 0 aliphatic carbocycles. The minimum atomic E-state index is -1.54. The van der Waals surface area contributed by atoms with E-state index in [9.17, 15) is 4.39 Å². The molecule has 4 rings (SSSR count). The number of rotatable bonds is 9. The number of para-hydroxylation sites is 1. The molecule has 1 aliphatic rings. The van der Waals surface area contributed by atoms with Gasteiger partial charge in [0.05, 0.1) is 25.9 Å². The molecule has 0 fully saturated rings. The topological polar surface area (TPSA) is 57.7 Å². The Balaban J connectivity index is 1.71. The zero-order valence-corrected chi connectivity index (χ0v) is 18.8. The summed E-state index contributed by atoms with van der Waals surface area (Å²) < 4.78 is 55.9. The van der Waals surface area contributed by atoms with E-state index in [1.165, 1.54) is 13.8 Å². The molecule has 0 saturated carbocycles. The summed E-state index contributed by atoms with van der Waals surface area (Å²) in [6, 6.07) is 9.26. The quantitative estimate of drug-likeness (QED) is 0.459. The number of aliphatic hydroxyl groups excluding tert-OH is 1. The van der Waals surface area contributed by atoms with Crippen molar-refractivity contribution in [2.75, 3.05) is 39.5 Å². The van der Waals surface area contributed by atoms with Gasteiger partial charge < -0.3 is 19.6 Å². The van der Waals surface area contributed by atoms with Crippen LogP contribution in [0.2, 0.25) is 0 Å². The fourth-order valence-electron chi connectivity index (χ4n) is 4.56. The number of alkyl halides is 1. The first-order valence-electron chi connectivity index (χ1n) is 11.1. The molecule has 1 atom stereocenters. The second kappa shape index (κ2) is 9.75. The SMILES string of the molecule is CC(C)(F)CN1CCc2c([nH]c3ccccc23)C1c1c(F)cc(OCCOCCO)cc1F. The summed E-state index contributed by atoms with van der Waals surface area (Å²) in [7, 11) is 0. The first-order valence-corrected chi connectivity index (χ1v) is 11.1. The third-order valence-corrected chi connectivity index (χ3v) is 5.77. The maximum absolute atomic E-state index is 15.4. The molecule has 0 radical (unpaired) electrons. The third kappa shape index (κ3) is 5.18. The molecule has 178 valence electrons. The zero-order chi connectivity index (χ0) is 23.6. The minimum absolute atomic E-state index is 0.0335. The molecule has 33 heavy (non-hydrogen) atoms. The summed E-state index contributed by atoms with van der Waals surface area (Å²) in [6.07, 6.45) is 0.657. The lowest BCUT2D eigenvalue weighted by atomic mass is 9.90. The molecular formula is C25H29F3N2O3. The number of nitrogens with zero attached hydrogens (tertiary/aromatic N) is 1. The van der Waals surface area contributed by atoms with Gasteiger partial charge in [-0.05, 0) is 31.9 Å². The number of nitrogens with one attached hydrogen (secondary N) is 1. The Bertz CT molecular complexity index is 1090. The normalized spacial score (nSPS) is 16.8. The van der Waals surface area contributed by atoms with Crippen molar-refractivity contribution in [1.29, 1.82) is 0 Å². The summed E-state index contributed by atoms with van der Waals surface area (Å²) in [5.74, 6) is -1.45. The Morgan fingerprint density at radius 3 is 2.55 bits per heavy atom. The molecule has 2 N–H and O–H groups in total. The molecule has 0 saturated heterocycles. The Hall–Kier alpha value is -2.55. The van der Waals surface area contributed by atoms with Crippen LogP contribution in [0, 0.1) is 11.6 Å². The molecule has 1 aliphatic heterocycles. The number of hydrogen-bond donors (Lipinski definition) is 2. The summed E-state index contributed by atoms with van der Waals surface area (Å²) in [5, 5.41) is 9.74. The molecule has 3 aromatic rings. The average molecular weight is 463 g/mol. The first kappa shape index (κ1) is 23.6. The van der Waals surface area contributed by atoms with E-state index in [4.69, 9.17) is 14.6 Å². The summed E-state index contributed by atoms with van der Waals surface area (Å²) in [4.78, 5) is 5.13. The third-order valence-electron chi connectivity index (χ3n) is 5.77. The fourth-order valence-corrected chi connectivity index (χ4v) is 4.56. The van der Waals surface area contributed by atoms with Gasteiger partial charge in [0, 0.05) is 47.4 Å². The van der Waals surface area contributed by atoms with Crippen LogP contribution in [0.1, 0.15) is 36.7 Å². The lowest BCUT2D eigenvalue weighted by Gasteiger charge is -2.38. The Labute approximate surface area is 191 Å².